The summed E-state index contributed by atoms with van der Waals surface area (Å²) in [7, 11) is 1.67. The highest BCUT2D eigenvalue weighted by Crippen LogP contribution is 2.51. The van der Waals surface area contributed by atoms with Crippen molar-refractivity contribution in [3.63, 3.8) is 0 Å². The lowest BCUT2D eigenvalue weighted by molar-refractivity contribution is -0.125. The second kappa shape index (κ2) is 5.45. The number of methoxy groups -OCH3 is 1. The second-order valence-corrected chi connectivity index (χ2v) is 7.69. The normalized spacial score (nSPS) is 17.9. The van der Waals surface area contributed by atoms with Gasteiger partial charge in [0.25, 0.3) is 0 Å². The summed E-state index contributed by atoms with van der Waals surface area (Å²) < 4.78 is 5.36. The van der Waals surface area contributed by atoms with E-state index in [9.17, 15) is 4.79 Å². The molecule has 0 bridgehead atoms. The Bertz CT molecular complexity index is 621. The number of carbonyl (C=O) groups is 1. The molecule has 0 saturated carbocycles. The molecule has 1 aliphatic heterocycles. The van der Waals surface area contributed by atoms with Gasteiger partial charge in [0.2, 0.25) is 5.91 Å². The fourth-order valence-corrected chi connectivity index (χ4v) is 3.72. The predicted octanol–water partition coefficient (Wildman–Crippen LogP) is 4.34. The zero-order valence-corrected chi connectivity index (χ0v) is 14.8. The Morgan fingerprint density at radius 3 is 2.41 bits per heavy atom. The first-order valence-electron chi connectivity index (χ1n) is 7.75. The lowest BCUT2D eigenvalue weighted by atomic mass is 9.71. The summed E-state index contributed by atoms with van der Waals surface area (Å²) in [4.78, 5) is 14.1. The van der Waals surface area contributed by atoms with Gasteiger partial charge in [-0.3, -0.25) is 4.79 Å². The molecule has 1 heterocycles. The van der Waals surface area contributed by atoms with Crippen LogP contribution in [0.1, 0.15) is 47.1 Å². The number of amides is 1. The molecule has 0 radical (unpaired) electrons. The number of carbonyl (C=O) groups excluding carboxylic acids is 1. The number of rotatable bonds is 2. The standard InChI is InChI=1S/C19H27NO2/c1-13(21)20-12-19(5,6)17(18(2,3)4)16(20)14-9-8-10-15(11-14)22-7/h8-11H,12H2,1-7H3. The minimum atomic E-state index is -0.0394. The first-order valence-corrected chi connectivity index (χ1v) is 7.75. The van der Waals surface area contributed by atoms with Crippen LogP contribution >= 0.6 is 0 Å². The third kappa shape index (κ3) is 2.90. The van der Waals surface area contributed by atoms with Crippen molar-refractivity contribution < 1.29 is 9.53 Å². The quantitative estimate of drug-likeness (QED) is 0.813. The molecule has 0 N–H and O–H groups in total. The first kappa shape index (κ1) is 16.6. The summed E-state index contributed by atoms with van der Waals surface area (Å²) in [6.45, 7) is 13.5. The molecule has 2 rings (SSSR count). The molecule has 120 valence electrons. The van der Waals surface area contributed by atoms with Crippen LogP contribution in [0.2, 0.25) is 0 Å². The van der Waals surface area contributed by atoms with Gasteiger partial charge in [0.05, 0.1) is 12.8 Å². The molecule has 0 spiro atoms. The monoisotopic (exact) mass is 301 g/mol. The van der Waals surface area contributed by atoms with Crippen molar-refractivity contribution in [2.24, 2.45) is 10.8 Å². The van der Waals surface area contributed by atoms with Gasteiger partial charge in [-0.2, -0.15) is 0 Å². The van der Waals surface area contributed by atoms with Gasteiger partial charge in [-0.25, -0.2) is 0 Å². The summed E-state index contributed by atoms with van der Waals surface area (Å²) in [6, 6.07) is 7.98. The fraction of sp³-hybridized carbons (Fsp3) is 0.526. The Hall–Kier alpha value is -1.77. The fourth-order valence-electron chi connectivity index (χ4n) is 3.72. The Morgan fingerprint density at radius 2 is 1.91 bits per heavy atom. The van der Waals surface area contributed by atoms with Crippen LogP contribution in [0, 0.1) is 10.8 Å². The van der Waals surface area contributed by atoms with Crippen LogP contribution in [0.15, 0.2) is 29.8 Å². The van der Waals surface area contributed by atoms with Crippen molar-refractivity contribution in [1.29, 1.82) is 0 Å². The topological polar surface area (TPSA) is 29.5 Å². The average molecular weight is 301 g/mol. The van der Waals surface area contributed by atoms with Gasteiger partial charge >= 0.3 is 0 Å². The van der Waals surface area contributed by atoms with Crippen LogP contribution in [0.25, 0.3) is 5.70 Å². The Balaban J connectivity index is 2.73. The van der Waals surface area contributed by atoms with Crippen molar-refractivity contribution >= 4 is 11.6 Å². The van der Waals surface area contributed by atoms with Gasteiger partial charge in [0, 0.05) is 24.4 Å². The summed E-state index contributed by atoms with van der Waals surface area (Å²) in [6.07, 6.45) is 0. The molecule has 1 aliphatic rings. The molecular formula is C19H27NO2. The predicted molar refractivity (Wildman–Crippen MR) is 90.5 cm³/mol. The van der Waals surface area contributed by atoms with Crippen molar-refractivity contribution in [2.75, 3.05) is 13.7 Å². The minimum absolute atomic E-state index is 0.00783. The molecule has 1 aromatic carbocycles. The highest BCUT2D eigenvalue weighted by Gasteiger charge is 2.44. The van der Waals surface area contributed by atoms with Crippen LogP contribution in [-0.4, -0.2) is 24.5 Å². The Morgan fingerprint density at radius 1 is 1.27 bits per heavy atom. The zero-order chi connectivity index (χ0) is 16.7. The third-order valence-electron chi connectivity index (χ3n) is 4.21. The molecule has 1 aromatic rings. The van der Waals surface area contributed by atoms with Crippen LogP contribution in [0.3, 0.4) is 0 Å². The highest BCUT2D eigenvalue weighted by atomic mass is 16.5. The minimum Gasteiger partial charge on any atom is -0.497 e. The molecular weight excluding hydrogens is 274 g/mol. The smallest absolute Gasteiger partial charge is 0.223 e. The van der Waals surface area contributed by atoms with Crippen molar-refractivity contribution in [3.8, 4) is 5.75 Å². The third-order valence-corrected chi connectivity index (χ3v) is 4.21. The van der Waals surface area contributed by atoms with Gasteiger partial charge in [0.1, 0.15) is 5.75 Å². The lowest BCUT2D eigenvalue weighted by Gasteiger charge is -2.32. The van der Waals surface area contributed by atoms with E-state index in [4.69, 9.17) is 4.74 Å². The Kier molecular flexibility index (Phi) is 4.12. The Labute approximate surface area is 134 Å². The maximum absolute atomic E-state index is 12.2. The van der Waals surface area contributed by atoms with E-state index in [0.29, 0.717) is 0 Å². The lowest BCUT2D eigenvalue weighted by Crippen LogP contribution is -2.30. The van der Waals surface area contributed by atoms with Gasteiger partial charge in [-0.15, -0.1) is 0 Å². The summed E-state index contributed by atoms with van der Waals surface area (Å²) >= 11 is 0. The van der Waals surface area contributed by atoms with Gasteiger partial charge < -0.3 is 9.64 Å². The SMILES string of the molecule is COc1cccc(C2=C(C(C)(C)C)C(C)(C)CN2C(C)=O)c1. The summed E-state index contributed by atoms with van der Waals surface area (Å²) in [5.74, 6) is 0.900. The van der Waals surface area contributed by atoms with Gasteiger partial charge in [-0.1, -0.05) is 46.8 Å². The van der Waals surface area contributed by atoms with Crippen LogP contribution < -0.4 is 4.74 Å². The van der Waals surface area contributed by atoms with Crippen molar-refractivity contribution in [3.05, 3.63) is 35.4 Å². The van der Waals surface area contributed by atoms with Crippen LogP contribution in [0.4, 0.5) is 0 Å². The summed E-state index contributed by atoms with van der Waals surface area (Å²) in [5.41, 5.74) is 3.37. The average Bonchev–Trinajstić information content (AvgIpc) is 2.70. The molecule has 22 heavy (non-hydrogen) atoms. The number of benzene rings is 1. The molecule has 1 amide bonds. The molecule has 0 unspecified atom stereocenters. The van der Waals surface area contributed by atoms with Gasteiger partial charge in [0.15, 0.2) is 0 Å². The number of hydrogen-bond donors (Lipinski definition) is 0. The van der Waals surface area contributed by atoms with E-state index in [1.807, 2.05) is 23.1 Å². The number of nitrogens with zero attached hydrogens (tertiary/aromatic N) is 1. The molecule has 0 saturated heterocycles. The number of hydrogen-bond acceptors (Lipinski definition) is 2. The maximum atomic E-state index is 12.2. The van der Waals surface area contributed by atoms with E-state index >= 15 is 0 Å². The van der Waals surface area contributed by atoms with Crippen LogP contribution in [0.5, 0.6) is 5.75 Å². The van der Waals surface area contributed by atoms with E-state index in [1.54, 1.807) is 14.0 Å². The zero-order valence-electron chi connectivity index (χ0n) is 14.8. The maximum Gasteiger partial charge on any atom is 0.223 e. The number of ether oxygens (including phenoxy) is 1. The van der Waals surface area contributed by atoms with E-state index in [-0.39, 0.29) is 16.7 Å². The molecule has 0 aliphatic carbocycles. The van der Waals surface area contributed by atoms with E-state index in [1.165, 1.54) is 5.57 Å². The van der Waals surface area contributed by atoms with Crippen molar-refractivity contribution in [2.45, 2.75) is 41.5 Å². The molecule has 3 heteroatoms. The second-order valence-electron chi connectivity index (χ2n) is 7.69. The van der Waals surface area contributed by atoms with Gasteiger partial charge in [-0.05, 0) is 23.1 Å². The molecule has 0 atom stereocenters. The highest BCUT2D eigenvalue weighted by molar-refractivity contribution is 5.89. The molecule has 0 aromatic heterocycles. The van der Waals surface area contributed by atoms with E-state index in [0.717, 1.165) is 23.6 Å². The summed E-state index contributed by atoms with van der Waals surface area (Å²) in [5, 5.41) is 0. The first-order chi connectivity index (χ1) is 10.1. The van der Waals surface area contributed by atoms with Crippen LogP contribution in [-0.2, 0) is 4.79 Å². The van der Waals surface area contributed by atoms with Crippen molar-refractivity contribution in [1.82, 2.24) is 4.90 Å². The molecule has 0 fully saturated rings. The molecule has 3 nitrogen and oxygen atoms in total. The van der Waals surface area contributed by atoms with E-state index < -0.39 is 0 Å². The van der Waals surface area contributed by atoms with E-state index in [2.05, 4.69) is 40.7 Å². The largest absolute Gasteiger partial charge is 0.497 e.